The zero-order valence-corrected chi connectivity index (χ0v) is 21.6. The van der Waals surface area contributed by atoms with Crippen molar-refractivity contribution in [1.82, 2.24) is 19.9 Å². The molecule has 190 valence electrons. The summed E-state index contributed by atoms with van der Waals surface area (Å²) in [5, 5.41) is 22.8. The van der Waals surface area contributed by atoms with E-state index in [0.29, 0.717) is 35.2 Å². The van der Waals surface area contributed by atoms with E-state index in [2.05, 4.69) is 33.8 Å². The number of hydrogen-bond acceptors (Lipinski definition) is 6. The lowest BCUT2D eigenvalue weighted by molar-refractivity contribution is -0.118. The number of aliphatic hydroxyl groups is 1. The Hall–Kier alpha value is -2.58. The minimum absolute atomic E-state index is 0. The monoisotopic (exact) mass is 504 g/mol. The van der Waals surface area contributed by atoms with Gasteiger partial charge in [0.2, 0.25) is 0 Å². The summed E-state index contributed by atoms with van der Waals surface area (Å²) in [5.41, 5.74) is 2.85. The second-order valence-corrected chi connectivity index (χ2v) is 9.84. The molecule has 1 aromatic carbocycles. The van der Waals surface area contributed by atoms with Crippen molar-refractivity contribution in [3.63, 3.8) is 0 Å². The van der Waals surface area contributed by atoms with E-state index in [1.807, 2.05) is 13.0 Å². The number of nitrogens with zero attached hydrogens (tertiary/aromatic N) is 4. The third kappa shape index (κ3) is 6.16. The Morgan fingerprint density at radius 1 is 1.23 bits per heavy atom. The second-order valence-electron chi connectivity index (χ2n) is 9.84. The van der Waals surface area contributed by atoms with Crippen molar-refractivity contribution in [1.29, 1.82) is 0 Å². The third-order valence-electron chi connectivity index (χ3n) is 6.57. The summed E-state index contributed by atoms with van der Waals surface area (Å²) in [6.45, 7) is 7.76. The zero-order chi connectivity index (χ0) is 24.4. The van der Waals surface area contributed by atoms with Crippen LogP contribution in [0.25, 0.3) is 11.5 Å². The minimum Gasteiger partial charge on any atom is -0.396 e. The fourth-order valence-corrected chi connectivity index (χ4v) is 4.44. The smallest absolute Gasteiger partial charge is 0.186 e. The van der Waals surface area contributed by atoms with Gasteiger partial charge in [-0.05, 0) is 61.8 Å². The van der Waals surface area contributed by atoms with E-state index >= 15 is 0 Å². The molecule has 0 amide bonds. The van der Waals surface area contributed by atoms with Gasteiger partial charge in [0.05, 0.1) is 0 Å². The van der Waals surface area contributed by atoms with Gasteiger partial charge >= 0.3 is 0 Å². The van der Waals surface area contributed by atoms with Crippen molar-refractivity contribution >= 4 is 18.2 Å². The highest BCUT2D eigenvalue weighted by Gasteiger charge is 2.34. The number of carbonyl (C=O) groups is 1. The molecule has 7 nitrogen and oxygen atoms in total. The SMILES string of the molecule is Cc1c(F)ccc(CC(=O)C[C@H](CCO)c2nnc(-c3cc(CC(C)C)on3)n2C2CC2)c1C.Cl. The molecule has 0 radical (unpaired) electrons. The molecule has 0 bridgehead atoms. The number of hydrogen-bond donors (Lipinski definition) is 1. The van der Waals surface area contributed by atoms with Gasteiger partial charge in [0.25, 0.3) is 0 Å². The predicted octanol–water partition coefficient (Wildman–Crippen LogP) is 5.31. The minimum atomic E-state index is -0.263. The van der Waals surface area contributed by atoms with Gasteiger partial charge in [-0.25, -0.2) is 4.39 Å². The first-order valence-electron chi connectivity index (χ1n) is 12.1. The fourth-order valence-electron chi connectivity index (χ4n) is 4.44. The Labute approximate surface area is 211 Å². The maximum Gasteiger partial charge on any atom is 0.186 e. The first kappa shape index (κ1) is 27.0. The topological polar surface area (TPSA) is 94.0 Å². The van der Waals surface area contributed by atoms with Crippen LogP contribution in [0.4, 0.5) is 4.39 Å². The molecule has 2 heterocycles. The molecule has 35 heavy (non-hydrogen) atoms. The number of aliphatic hydroxyl groups excluding tert-OH is 1. The maximum absolute atomic E-state index is 13.8. The van der Waals surface area contributed by atoms with Crippen LogP contribution in [-0.2, 0) is 17.6 Å². The van der Waals surface area contributed by atoms with E-state index < -0.39 is 0 Å². The quantitative estimate of drug-likeness (QED) is 0.380. The molecule has 1 atom stereocenters. The predicted molar refractivity (Wildman–Crippen MR) is 133 cm³/mol. The molecule has 1 fully saturated rings. The number of halogens is 2. The van der Waals surface area contributed by atoms with Gasteiger partial charge in [0.1, 0.15) is 23.2 Å². The zero-order valence-electron chi connectivity index (χ0n) is 20.8. The van der Waals surface area contributed by atoms with Crippen LogP contribution in [0.5, 0.6) is 0 Å². The second kappa shape index (κ2) is 11.4. The van der Waals surface area contributed by atoms with Crippen molar-refractivity contribution < 1.29 is 18.8 Å². The number of aromatic nitrogens is 4. The van der Waals surface area contributed by atoms with Crippen molar-refractivity contribution in [2.24, 2.45) is 5.92 Å². The first-order valence-corrected chi connectivity index (χ1v) is 12.1. The molecule has 4 rings (SSSR count). The van der Waals surface area contributed by atoms with Crippen LogP contribution in [0.3, 0.4) is 0 Å². The molecule has 0 unspecified atom stereocenters. The van der Waals surface area contributed by atoms with Crippen molar-refractivity contribution in [2.45, 2.75) is 78.2 Å². The van der Waals surface area contributed by atoms with Gasteiger partial charge in [0.15, 0.2) is 11.5 Å². The molecule has 0 spiro atoms. The molecule has 1 aliphatic carbocycles. The summed E-state index contributed by atoms with van der Waals surface area (Å²) >= 11 is 0. The van der Waals surface area contributed by atoms with Crippen LogP contribution in [0, 0.1) is 25.6 Å². The molecule has 1 saturated carbocycles. The lowest BCUT2D eigenvalue weighted by atomic mass is 9.92. The molecule has 1 N–H and O–H groups in total. The van der Waals surface area contributed by atoms with Gasteiger partial charge in [-0.2, -0.15) is 0 Å². The molecular weight excluding hydrogens is 471 g/mol. The van der Waals surface area contributed by atoms with E-state index in [1.54, 1.807) is 13.0 Å². The Bertz CT molecular complexity index is 1170. The van der Waals surface area contributed by atoms with Gasteiger partial charge in [-0.3, -0.25) is 4.79 Å². The number of ketones is 1. The number of rotatable bonds is 11. The summed E-state index contributed by atoms with van der Waals surface area (Å²) in [7, 11) is 0. The first-order chi connectivity index (χ1) is 16.3. The Balaban J connectivity index is 0.00000342. The normalized spacial score (nSPS) is 14.3. The largest absolute Gasteiger partial charge is 0.396 e. The lowest BCUT2D eigenvalue weighted by Gasteiger charge is -2.17. The lowest BCUT2D eigenvalue weighted by Crippen LogP contribution is -2.16. The van der Waals surface area contributed by atoms with Gasteiger partial charge in [0, 0.05) is 43.9 Å². The van der Waals surface area contributed by atoms with Crippen molar-refractivity contribution in [3.05, 3.63) is 52.3 Å². The number of Topliss-reactive ketones (excluding diaryl/α,β-unsaturated/α-hetero) is 1. The molecule has 9 heteroatoms. The van der Waals surface area contributed by atoms with Gasteiger partial charge in [-0.15, -0.1) is 22.6 Å². The van der Waals surface area contributed by atoms with Crippen LogP contribution in [0.2, 0.25) is 0 Å². The van der Waals surface area contributed by atoms with E-state index in [4.69, 9.17) is 4.52 Å². The number of carbonyl (C=O) groups excluding carboxylic acids is 1. The fraction of sp³-hybridized carbons (Fsp3) is 0.538. The van der Waals surface area contributed by atoms with E-state index in [-0.39, 0.29) is 55.4 Å². The summed E-state index contributed by atoms with van der Waals surface area (Å²) in [6, 6.07) is 5.28. The Morgan fingerprint density at radius 2 is 1.97 bits per heavy atom. The van der Waals surface area contributed by atoms with E-state index in [0.717, 1.165) is 36.1 Å². The highest BCUT2D eigenvalue weighted by Crippen LogP contribution is 2.41. The van der Waals surface area contributed by atoms with Gasteiger partial charge in [-0.1, -0.05) is 25.1 Å². The summed E-state index contributed by atoms with van der Waals surface area (Å²) in [6.07, 6.45) is 3.70. The summed E-state index contributed by atoms with van der Waals surface area (Å²) in [4.78, 5) is 13.0. The van der Waals surface area contributed by atoms with Crippen molar-refractivity contribution in [3.8, 4) is 11.5 Å². The standard InChI is InChI=1S/C26H33FN4O3.ClH/c1-15(2)11-22-14-24(30-34-22)26-29-28-25(31(26)20-6-7-20)19(9-10-32)13-21(33)12-18-5-8-23(27)17(4)16(18)3;/h5,8,14-15,19-20,32H,6-7,9-13H2,1-4H3;1H/t19-;/m0./s1. The average molecular weight is 505 g/mol. The van der Waals surface area contributed by atoms with E-state index in [9.17, 15) is 14.3 Å². The molecule has 1 aliphatic rings. The molecular formula is C26H34ClFN4O3. The van der Waals surface area contributed by atoms with Crippen LogP contribution in [-0.4, -0.2) is 37.4 Å². The van der Waals surface area contributed by atoms with Crippen LogP contribution >= 0.6 is 12.4 Å². The third-order valence-corrected chi connectivity index (χ3v) is 6.57. The van der Waals surface area contributed by atoms with Crippen LogP contribution < -0.4 is 0 Å². The van der Waals surface area contributed by atoms with Crippen LogP contribution in [0.1, 0.15) is 79.8 Å². The summed E-state index contributed by atoms with van der Waals surface area (Å²) in [5.74, 6) is 2.12. The molecule has 0 saturated heterocycles. The molecule has 2 aromatic heterocycles. The average Bonchev–Trinajstić information content (AvgIpc) is 3.36. The highest BCUT2D eigenvalue weighted by molar-refractivity contribution is 5.85. The van der Waals surface area contributed by atoms with E-state index in [1.165, 1.54) is 6.07 Å². The Kier molecular flexibility index (Phi) is 8.83. The number of benzene rings is 1. The molecule has 3 aromatic rings. The Morgan fingerprint density at radius 3 is 2.63 bits per heavy atom. The highest BCUT2D eigenvalue weighted by atomic mass is 35.5. The van der Waals surface area contributed by atoms with Crippen molar-refractivity contribution in [2.75, 3.05) is 6.61 Å². The van der Waals surface area contributed by atoms with Crippen LogP contribution in [0.15, 0.2) is 22.7 Å². The maximum atomic E-state index is 13.8. The summed E-state index contributed by atoms with van der Waals surface area (Å²) < 4.78 is 21.4. The van der Waals surface area contributed by atoms with Gasteiger partial charge < -0.3 is 14.2 Å². The molecule has 0 aliphatic heterocycles.